The van der Waals surface area contributed by atoms with E-state index in [1.165, 1.54) is 18.3 Å². The van der Waals surface area contributed by atoms with Crippen LogP contribution in [0.2, 0.25) is 0 Å². The molecule has 28 heavy (non-hydrogen) atoms. The predicted octanol–water partition coefficient (Wildman–Crippen LogP) is 3.59. The minimum atomic E-state index is -1.05. The molecule has 0 spiro atoms. The van der Waals surface area contributed by atoms with Gasteiger partial charge >= 0.3 is 5.97 Å². The first-order valence-electron chi connectivity index (χ1n) is 8.87. The number of nitrogens with one attached hydrogen (secondary N) is 1. The SMILES string of the molecule is O=C(O)c1cnc(NCCOc2cccc(F)c2)nc1CCc1ccccc1. The van der Waals surface area contributed by atoms with Crippen molar-refractivity contribution in [2.75, 3.05) is 18.5 Å². The van der Waals surface area contributed by atoms with Crippen molar-refractivity contribution >= 4 is 11.9 Å². The van der Waals surface area contributed by atoms with Gasteiger partial charge in [0, 0.05) is 12.3 Å². The molecule has 2 aromatic carbocycles. The lowest BCUT2D eigenvalue weighted by molar-refractivity contribution is 0.0694. The zero-order chi connectivity index (χ0) is 19.8. The highest BCUT2D eigenvalue weighted by atomic mass is 19.1. The third kappa shape index (κ3) is 5.51. The van der Waals surface area contributed by atoms with E-state index >= 15 is 0 Å². The monoisotopic (exact) mass is 381 g/mol. The van der Waals surface area contributed by atoms with Crippen LogP contribution in [0.4, 0.5) is 10.3 Å². The van der Waals surface area contributed by atoms with Crippen molar-refractivity contribution in [2.45, 2.75) is 12.8 Å². The summed E-state index contributed by atoms with van der Waals surface area (Å²) in [7, 11) is 0. The molecule has 0 aliphatic carbocycles. The Morgan fingerprint density at radius 2 is 1.93 bits per heavy atom. The normalized spacial score (nSPS) is 10.5. The Kier molecular flexibility index (Phi) is 6.51. The Bertz CT molecular complexity index is 935. The van der Waals surface area contributed by atoms with Crippen LogP contribution in [0.1, 0.15) is 21.6 Å². The van der Waals surface area contributed by atoms with Gasteiger partial charge in [-0.25, -0.2) is 19.2 Å². The molecule has 0 radical (unpaired) electrons. The maximum Gasteiger partial charge on any atom is 0.339 e. The first kappa shape index (κ1) is 19.3. The number of aromatic nitrogens is 2. The van der Waals surface area contributed by atoms with E-state index in [0.717, 1.165) is 5.56 Å². The summed E-state index contributed by atoms with van der Waals surface area (Å²) in [4.78, 5) is 19.8. The summed E-state index contributed by atoms with van der Waals surface area (Å²) in [6.07, 6.45) is 2.48. The average Bonchev–Trinajstić information content (AvgIpc) is 2.70. The zero-order valence-corrected chi connectivity index (χ0v) is 15.1. The van der Waals surface area contributed by atoms with Crippen molar-refractivity contribution in [3.63, 3.8) is 0 Å². The summed E-state index contributed by atoms with van der Waals surface area (Å²) in [5, 5.41) is 12.4. The number of anilines is 1. The van der Waals surface area contributed by atoms with Crippen molar-refractivity contribution in [3.05, 3.63) is 83.4 Å². The third-order valence-electron chi connectivity index (χ3n) is 4.04. The molecule has 1 heterocycles. The van der Waals surface area contributed by atoms with Crippen LogP contribution in [0.3, 0.4) is 0 Å². The van der Waals surface area contributed by atoms with Crippen LogP contribution in [0, 0.1) is 5.82 Å². The van der Waals surface area contributed by atoms with Gasteiger partial charge in [0.15, 0.2) is 0 Å². The second kappa shape index (κ2) is 9.45. The van der Waals surface area contributed by atoms with Crippen LogP contribution in [0.15, 0.2) is 60.8 Å². The van der Waals surface area contributed by atoms with Crippen LogP contribution in [-0.4, -0.2) is 34.2 Å². The van der Waals surface area contributed by atoms with E-state index in [-0.39, 0.29) is 18.0 Å². The molecule has 0 aliphatic heterocycles. The van der Waals surface area contributed by atoms with E-state index in [9.17, 15) is 14.3 Å². The van der Waals surface area contributed by atoms with Crippen molar-refractivity contribution < 1.29 is 19.0 Å². The fourth-order valence-electron chi connectivity index (χ4n) is 2.67. The minimum Gasteiger partial charge on any atom is -0.492 e. The third-order valence-corrected chi connectivity index (χ3v) is 4.04. The van der Waals surface area contributed by atoms with Gasteiger partial charge in [0.2, 0.25) is 5.95 Å². The second-order valence-corrected chi connectivity index (χ2v) is 6.08. The quantitative estimate of drug-likeness (QED) is 0.551. The average molecular weight is 381 g/mol. The topological polar surface area (TPSA) is 84.3 Å². The number of halogens is 1. The molecule has 0 aliphatic rings. The number of hydrogen-bond donors (Lipinski definition) is 2. The lowest BCUT2D eigenvalue weighted by Gasteiger charge is -2.10. The standard InChI is InChI=1S/C21H20FN3O3/c22-16-7-4-8-17(13-16)28-12-11-23-21-24-14-18(20(26)27)19(25-21)10-9-15-5-2-1-3-6-15/h1-8,13-14H,9-12H2,(H,26,27)(H,23,24,25). The summed E-state index contributed by atoms with van der Waals surface area (Å²) in [5.41, 5.74) is 1.67. The number of carbonyl (C=O) groups is 1. The van der Waals surface area contributed by atoms with Crippen LogP contribution < -0.4 is 10.1 Å². The summed E-state index contributed by atoms with van der Waals surface area (Å²) in [6, 6.07) is 15.7. The van der Waals surface area contributed by atoms with Crippen LogP contribution >= 0.6 is 0 Å². The molecule has 0 unspecified atom stereocenters. The molecule has 2 N–H and O–H groups in total. The molecular weight excluding hydrogens is 361 g/mol. The van der Waals surface area contributed by atoms with E-state index in [0.29, 0.717) is 36.8 Å². The number of benzene rings is 2. The highest BCUT2D eigenvalue weighted by Crippen LogP contribution is 2.13. The lowest BCUT2D eigenvalue weighted by Crippen LogP contribution is -2.15. The second-order valence-electron chi connectivity index (χ2n) is 6.08. The highest BCUT2D eigenvalue weighted by Gasteiger charge is 2.13. The number of nitrogens with zero attached hydrogens (tertiary/aromatic N) is 2. The number of aromatic carboxylic acids is 1. The van der Waals surface area contributed by atoms with Crippen molar-refractivity contribution in [2.24, 2.45) is 0 Å². The molecule has 0 bridgehead atoms. The Morgan fingerprint density at radius 3 is 2.68 bits per heavy atom. The van der Waals surface area contributed by atoms with Gasteiger partial charge in [0.25, 0.3) is 0 Å². The summed E-state index contributed by atoms with van der Waals surface area (Å²) in [6.45, 7) is 0.675. The van der Waals surface area contributed by atoms with Crippen LogP contribution in [0.25, 0.3) is 0 Å². The number of ether oxygens (including phenoxy) is 1. The van der Waals surface area contributed by atoms with Gasteiger partial charge in [0.1, 0.15) is 18.2 Å². The molecule has 1 aromatic heterocycles. The van der Waals surface area contributed by atoms with Crippen molar-refractivity contribution in [3.8, 4) is 5.75 Å². The van der Waals surface area contributed by atoms with Gasteiger partial charge in [-0.1, -0.05) is 36.4 Å². The molecule has 7 heteroatoms. The molecule has 0 amide bonds. The maximum absolute atomic E-state index is 13.1. The zero-order valence-electron chi connectivity index (χ0n) is 15.1. The molecule has 3 aromatic rings. The first-order valence-corrected chi connectivity index (χ1v) is 8.87. The van der Waals surface area contributed by atoms with Gasteiger partial charge < -0.3 is 15.2 Å². The van der Waals surface area contributed by atoms with E-state index < -0.39 is 5.97 Å². The minimum absolute atomic E-state index is 0.0949. The van der Waals surface area contributed by atoms with E-state index in [2.05, 4.69) is 15.3 Å². The Morgan fingerprint density at radius 1 is 1.11 bits per heavy atom. The Labute approximate surface area is 162 Å². The van der Waals surface area contributed by atoms with Gasteiger partial charge in [-0.05, 0) is 30.5 Å². The van der Waals surface area contributed by atoms with Gasteiger partial charge in [-0.2, -0.15) is 0 Å². The van der Waals surface area contributed by atoms with Gasteiger partial charge in [-0.3, -0.25) is 0 Å². The highest BCUT2D eigenvalue weighted by molar-refractivity contribution is 5.88. The molecule has 0 saturated carbocycles. The van der Waals surface area contributed by atoms with Crippen molar-refractivity contribution in [1.82, 2.24) is 9.97 Å². The number of rotatable bonds is 9. The van der Waals surface area contributed by atoms with E-state index in [1.54, 1.807) is 12.1 Å². The maximum atomic E-state index is 13.1. The fourth-order valence-corrected chi connectivity index (χ4v) is 2.67. The number of aryl methyl sites for hydroxylation is 2. The molecule has 0 saturated heterocycles. The fraction of sp³-hybridized carbons (Fsp3) is 0.190. The van der Waals surface area contributed by atoms with Crippen LogP contribution in [0.5, 0.6) is 5.75 Å². The number of carboxylic acids is 1. The van der Waals surface area contributed by atoms with Crippen LogP contribution in [-0.2, 0) is 12.8 Å². The first-order chi connectivity index (χ1) is 13.6. The molecular formula is C21H20FN3O3. The van der Waals surface area contributed by atoms with Crippen molar-refractivity contribution in [1.29, 1.82) is 0 Å². The largest absolute Gasteiger partial charge is 0.492 e. The van der Waals surface area contributed by atoms with Gasteiger partial charge in [-0.15, -0.1) is 0 Å². The predicted molar refractivity (Wildman–Crippen MR) is 103 cm³/mol. The Hall–Kier alpha value is -3.48. The smallest absolute Gasteiger partial charge is 0.339 e. The number of carboxylic acid groups (broad SMARTS) is 1. The molecule has 6 nitrogen and oxygen atoms in total. The summed E-state index contributed by atoms with van der Waals surface area (Å²) >= 11 is 0. The van der Waals surface area contributed by atoms with Gasteiger partial charge in [0.05, 0.1) is 17.8 Å². The Balaban J connectivity index is 1.59. The lowest BCUT2D eigenvalue weighted by atomic mass is 10.1. The number of hydrogen-bond acceptors (Lipinski definition) is 5. The summed E-state index contributed by atoms with van der Waals surface area (Å²) < 4.78 is 18.6. The molecule has 3 rings (SSSR count). The van der Waals surface area contributed by atoms with E-state index in [1.807, 2.05) is 30.3 Å². The molecule has 0 fully saturated rings. The molecule has 0 atom stereocenters. The van der Waals surface area contributed by atoms with E-state index in [4.69, 9.17) is 4.74 Å². The molecule has 144 valence electrons. The summed E-state index contributed by atoms with van der Waals surface area (Å²) in [5.74, 6) is -0.645.